The molecule has 1 N–H and O–H groups in total. The number of nitrogens with zero attached hydrogens (tertiary/aromatic N) is 3. The molecule has 2 rings (SSSR count). The van der Waals surface area contributed by atoms with Gasteiger partial charge in [0.05, 0.1) is 11.3 Å². The van der Waals surface area contributed by atoms with Crippen LogP contribution in [0.4, 0.5) is 0 Å². The Balaban J connectivity index is 2.60. The van der Waals surface area contributed by atoms with Gasteiger partial charge < -0.3 is 4.57 Å². The van der Waals surface area contributed by atoms with Crippen LogP contribution in [0.3, 0.4) is 0 Å². The van der Waals surface area contributed by atoms with Gasteiger partial charge in [0.1, 0.15) is 0 Å². The van der Waals surface area contributed by atoms with Gasteiger partial charge >= 0.3 is 5.69 Å². The summed E-state index contributed by atoms with van der Waals surface area (Å²) >= 11 is 6.92. The normalized spacial score (nSPS) is 13.1. The lowest BCUT2D eigenvalue weighted by molar-refractivity contribution is 0.626. The topological polar surface area (TPSA) is 72.7 Å². The fourth-order valence-corrected chi connectivity index (χ4v) is 2.72. The van der Waals surface area contributed by atoms with E-state index in [-0.39, 0.29) is 10.5 Å². The molecule has 0 aliphatic carbocycles. The zero-order valence-electron chi connectivity index (χ0n) is 9.69. The molecule has 6 nitrogen and oxygen atoms in total. The Labute approximate surface area is 119 Å². The third kappa shape index (κ3) is 2.31. The molecular formula is C10H12Br2N4O2. The number of H-pyrrole nitrogens is 1. The minimum absolute atomic E-state index is 0.00690. The van der Waals surface area contributed by atoms with E-state index < -0.39 is 11.2 Å². The third-order valence-corrected chi connectivity index (χ3v) is 4.16. The third-order valence-electron chi connectivity index (χ3n) is 2.70. The molecule has 2 aromatic heterocycles. The molecule has 0 aliphatic rings. The van der Waals surface area contributed by atoms with E-state index in [9.17, 15) is 9.59 Å². The van der Waals surface area contributed by atoms with Gasteiger partial charge in [-0.05, 0) is 12.8 Å². The van der Waals surface area contributed by atoms with Crippen molar-refractivity contribution in [2.24, 2.45) is 7.05 Å². The van der Waals surface area contributed by atoms with E-state index in [1.54, 1.807) is 17.9 Å². The number of fused-ring (bicyclic) bond motifs is 1. The van der Waals surface area contributed by atoms with Crippen LogP contribution in [0.5, 0.6) is 0 Å². The zero-order valence-corrected chi connectivity index (χ0v) is 12.9. The first kappa shape index (κ1) is 13.5. The van der Waals surface area contributed by atoms with Gasteiger partial charge in [-0.3, -0.25) is 14.3 Å². The first-order chi connectivity index (χ1) is 8.56. The van der Waals surface area contributed by atoms with Gasteiger partial charge in [0.25, 0.3) is 5.56 Å². The molecule has 0 radical (unpaired) electrons. The molecule has 0 saturated heterocycles. The van der Waals surface area contributed by atoms with Crippen LogP contribution in [0, 0.1) is 0 Å². The summed E-state index contributed by atoms with van der Waals surface area (Å²) in [5.74, 6) is 0. The van der Waals surface area contributed by atoms with E-state index in [2.05, 4.69) is 41.8 Å². The highest BCUT2D eigenvalue weighted by Crippen LogP contribution is 2.24. The van der Waals surface area contributed by atoms with Crippen molar-refractivity contribution in [1.82, 2.24) is 19.1 Å². The minimum atomic E-state index is -0.452. The number of hydrogen-bond donors (Lipinski definition) is 1. The molecule has 0 fully saturated rings. The largest absolute Gasteiger partial charge is 0.329 e. The number of alkyl halides is 2. The zero-order chi connectivity index (χ0) is 13.3. The second-order valence-electron chi connectivity index (χ2n) is 3.91. The Morgan fingerprint density at radius 3 is 2.89 bits per heavy atom. The van der Waals surface area contributed by atoms with Crippen molar-refractivity contribution in [3.63, 3.8) is 0 Å². The summed E-state index contributed by atoms with van der Waals surface area (Å²) in [4.78, 5) is 29.5. The van der Waals surface area contributed by atoms with E-state index in [1.807, 2.05) is 0 Å². The van der Waals surface area contributed by atoms with Gasteiger partial charge in [-0.2, -0.15) is 0 Å². The predicted molar refractivity (Wildman–Crippen MR) is 76.6 cm³/mol. The molecule has 0 aromatic carbocycles. The van der Waals surface area contributed by atoms with Crippen molar-refractivity contribution < 1.29 is 0 Å². The fourth-order valence-electron chi connectivity index (χ4n) is 1.77. The van der Waals surface area contributed by atoms with E-state index in [0.29, 0.717) is 5.65 Å². The molecule has 98 valence electrons. The van der Waals surface area contributed by atoms with E-state index in [1.165, 1.54) is 4.57 Å². The maximum Gasteiger partial charge on any atom is 0.329 e. The highest BCUT2D eigenvalue weighted by atomic mass is 79.9. The quantitative estimate of drug-likeness (QED) is 0.818. The second kappa shape index (κ2) is 5.40. The highest BCUT2D eigenvalue weighted by molar-refractivity contribution is 9.09. The Kier molecular flexibility index (Phi) is 4.06. The molecule has 1 unspecified atom stereocenters. The summed E-state index contributed by atoms with van der Waals surface area (Å²) in [6, 6.07) is 0. The van der Waals surface area contributed by atoms with Gasteiger partial charge in [0.15, 0.2) is 11.2 Å². The van der Waals surface area contributed by atoms with Crippen LogP contribution in [-0.2, 0) is 7.05 Å². The lowest BCUT2D eigenvalue weighted by atomic mass is 10.3. The Morgan fingerprint density at radius 2 is 2.22 bits per heavy atom. The number of aromatic nitrogens is 4. The predicted octanol–water partition coefficient (Wildman–Crippen LogP) is 1.49. The summed E-state index contributed by atoms with van der Waals surface area (Å²) < 4.78 is 3.20. The second-order valence-corrected chi connectivity index (χ2v) is 5.76. The molecule has 2 aromatic rings. The monoisotopic (exact) mass is 378 g/mol. The first-order valence-corrected chi connectivity index (χ1v) is 7.46. The minimum Gasteiger partial charge on any atom is -0.303 e. The van der Waals surface area contributed by atoms with Gasteiger partial charge in [-0.25, -0.2) is 9.78 Å². The Bertz CT molecular complexity index is 673. The summed E-state index contributed by atoms with van der Waals surface area (Å²) in [7, 11) is 1.61. The number of imidazole rings is 1. The van der Waals surface area contributed by atoms with Crippen LogP contribution in [-0.4, -0.2) is 24.4 Å². The standard InChI is InChI=1S/C10H12Br2N4O2/c1-15-9-7(8(17)14-10(15)18)13-5-16(9)6(12)3-2-4-11/h5-6H,2-4H2,1H3,(H,14,17,18). The van der Waals surface area contributed by atoms with Crippen LogP contribution in [0.1, 0.15) is 17.8 Å². The number of hydrogen-bond acceptors (Lipinski definition) is 3. The average Bonchev–Trinajstić information content (AvgIpc) is 2.78. The van der Waals surface area contributed by atoms with Crippen LogP contribution < -0.4 is 11.2 Å². The number of halogens is 2. The van der Waals surface area contributed by atoms with Crippen molar-refractivity contribution in [3.8, 4) is 0 Å². The molecule has 2 heterocycles. The van der Waals surface area contributed by atoms with Crippen LogP contribution in [0.2, 0.25) is 0 Å². The van der Waals surface area contributed by atoms with Gasteiger partial charge in [-0.1, -0.05) is 31.9 Å². The molecule has 18 heavy (non-hydrogen) atoms. The van der Waals surface area contributed by atoms with E-state index >= 15 is 0 Å². The highest BCUT2D eigenvalue weighted by Gasteiger charge is 2.15. The van der Waals surface area contributed by atoms with Gasteiger partial charge in [-0.15, -0.1) is 0 Å². The Morgan fingerprint density at radius 1 is 1.50 bits per heavy atom. The Hall–Kier alpha value is -0.890. The number of nitrogens with one attached hydrogen (secondary N) is 1. The molecular weight excluding hydrogens is 368 g/mol. The van der Waals surface area contributed by atoms with Crippen molar-refractivity contribution in [1.29, 1.82) is 0 Å². The smallest absolute Gasteiger partial charge is 0.303 e. The fraction of sp³-hybridized carbons (Fsp3) is 0.500. The summed E-state index contributed by atoms with van der Waals surface area (Å²) in [5.41, 5.74) is -0.0814. The van der Waals surface area contributed by atoms with Crippen molar-refractivity contribution in [2.75, 3.05) is 5.33 Å². The van der Waals surface area contributed by atoms with Crippen LogP contribution in [0.25, 0.3) is 11.2 Å². The number of aryl methyl sites for hydroxylation is 1. The van der Waals surface area contributed by atoms with Gasteiger partial charge in [0.2, 0.25) is 0 Å². The number of rotatable bonds is 4. The van der Waals surface area contributed by atoms with Crippen molar-refractivity contribution in [3.05, 3.63) is 27.2 Å². The first-order valence-electron chi connectivity index (χ1n) is 5.42. The SMILES string of the molecule is Cn1c(=O)[nH]c(=O)c2ncn(C(Br)CCCBr)c21. The summed E-state index contributed by atoms with van der Waals surface area (Å²) in [5, 5.41) is 0.904. The molecule has 1 atom stereocenters. The maximum absolute atomic E-state index is 11.6. The molecule has 8 heteroatoms. The average molecular weight is 380 g/mol. The van der Waals surface area contributed by atoms with Crippen LogP contribution >= 0.6 is 31.9 Å². The van der Waals surface area contributed by atoms with E-state index in [4.69, 9.17) is 0 Å². The molecule has 0 bridgehead atoms. The van der Waals surface area contributed by atoms with E-state index in [0.717, 1.165) is 18.2 Å². The molecule has 0 saturated carbocycles. The summed E-state index contributed by atoms with van der Waals surface area (Å²) in [6.07, 6.45) is 3.43. The molecule has 0 amide bonds. The maximum atomic E-state index is 11.6. The summed E-state index contributed by atoms with van der Waals surface area (Å²) in [6.45, 7) is 0. The molecule has 0 aliphatic heterocycles. The molecule has 0 spiro atoms. The lowest BCUT2D eigenvalue weighted by Gasteiger charge is -2.13. The lowest BCUT2D eigenvalue weighted by Crippen LogP contribution is -2.29. The van der Waals surface area contributed by atoms with Gasteiger partial charge in [0, 0.05) is 12.4 Å². The van der Waals surface area contributed by atoms with Crippen LogP contribution in [0.15, 0.2) is 15.9 Å². The van der Waals surface area contributed by atoms with Crippen molar-refractivity contribution in [2.45, 2.75) is 17.8 Å². The number of aromatic amines is 1. The van der Waals surface area contributed by atoms with Crippen molar-refractivity contribution >= 4 is 43.0 Å².